The smallest absolute Gasteiger partial charge is 0.462 e. The molecule has 0 aliphatic rings. The first kappa shape index (κ1) is 82.1. The van der Waals surface area contributed by atoms with Gasteiger partial charge in [0.25, 0.3) is 0 Å². The number of ether oxygens (including phenoxy) is 4. The highest BCUT2D eigenvalue weighted by atomic mass is 31.2. The second-order valence-corrected chi connectivity index (χ2v) is 28.1. The fourth-order valence-corrected chi connectivity index (χ4v) is 11.2. The number of carbonyl (C=O) groups excluding carboxylic acids is 4. The van der Waals surface area contributed by atoms with Gasteiger partial charge in [-0.3, -0.25) is 37.3 Å². The van der Waals surface area contributed by atoms with Gasteiger partial charge in [-0.15, -0.1) is 0 Å². The van der Waals surface area contributed by atoms with Crippen LogP contribution < -0.4 is 0 Å². The lowest BCUT2D eigenvalue weighted by Gasteiger charge is -2.21. The Bertz CT molecular complexity index is 1680. The molecule has 0 bridgehead atoms. The first-order valence-corrected chi connectivity index (χ1v) is 36.7. The number of rotatable bonds is 62. The number of esters is 4. The fourth-order valence-electron chi connectivity index (χ4n) is 9.57. The Morgan fingerprint density at radius 3 is 0.845 bits per heavy atom. The Balaban J connectivity index is 5.24. The summed E-state index contributed by atoms with van der Waals surface area (Å²) >= 11 is 0. The van der Waals surface area contributed by atoms with Crippen molar-refractivity contribution in [2.45, 2.75) is 331 Å². The van der Waals surface area contributed by atoms with Crippen molar-refractivity contribution in [3.05, 3.63) is 0 Å². The molecule has 0 radical (unpaired) electrons. The topological polar surface area (TPSA) is 237 Å². The van der Waals surface area contributed by atoms with Crippen LogP contribution in [0, 0.1) is 23.7 Å². The van der Waals surface area contributed by atoms with Crippen LogP contribution in [0.5, 0.6) is 0 Å². The molecule has 0 spiro atoms. The van der Waals surface area contributed by atoms with E-state index in [2.05, 4.69) is 55.4 Å². The van der Waals surface area contributed by atoms with Gasteiger partial charge in [-0.2, -0.15) is 0 Å². The van der Waals surface area contributed by atoms with Crippen LogP contribution in [0.15, 0.2) is 0 Å². The molecule has 3 unspecified atom stereocenters. The summed E-state index contributed by atoms with van der Waals surface area (Å²) in [4.78, 5) is 72.2. The number of aliphatic hydroxyl groups is 1. The zero-order chi connectivity index (χ0) is 62.5. The number of unbranched alkanes of at least 4 members (excludes halogenated alkanes) is 27. The average Bonchev–Trinajstić information content (AvgIpc) is 3.44. The van der Waals surface area contributed by atoms with E-state index in [1.54, 1.807) is 0 Å². The molecule has 0 aliphatic carbocycles. The first-order chi connectivity index (χ1) is 40.1. The van der Waals surface area contributed by atoms with Gasteiger partial charge in [-0.05, 0) is 49.4 Å². The van der Waals surface area contributed by atoms with Gasteiger partial charge in [0.2, 0.25) is 0 Å². The van der Waals surface area contributed by atoms with E-state index in [1.165, 1.54) is 103 Å². The van der Waals surface area contributed by atoms with E-state index in [9.17, 15) is 43.2 Å². The number of carbonyl (C=O) groups is 4. The Labute approximate surface area is 511 Å². The van der Waals surface area contributed by atoms with Crippen molar-refractivity contribution < 1.29 is 80.2 Å². The predicted octanol–water partition coefficient (Wildman–Crippen LogP) is 17.8. The number of hydrogen-bond acceptors (Lipinski definition) is 15. The molecule has 0 heterocycles. The van der Waals surface area contributed by atoms with Gasteiger partial charge in [0.05, 0.1) is 26.4 Å². The molecule has 0 aromatic rings. The minimum atomic E-state index is -4.95. The molecule has 17 nitrogen and oxygen atoms in total. The van der Waals surface area contributed by atoms with Crippen molar-refractivity contribution in [2.24, 2.45) is 23.7 Å². The summed E-state index contributed by atoms with van der Waals surface area (Å²) in [6.45, 7) is 13.9. The van der Waals surface area contributed by atoms with Crippen LogP contribution in [0.1, 0.15) is 312 Å². The molecule has 0 fully saturated rings. The van der Waals surface area contributed by atoms with E-state index < -0.39 is 97.5 Å². The van der Waals surface area contributed by atoms with E-state index in [0.717, 1.165) is 115 Å². The van der Waals surface area contributed by atoms with E-state index in [-0.39, 0.29) is 25.7 Å². The monoisotopic (exact) mass is 1240 g/mol. The highest BCUT2D eigenvalue weighted by molar-refractivity contribution is 7.47. The van der Waals surface area contributed by atoms with Gasteiger partial charge in [0.15, 0.2) is 12.2 Å². The molecule has 3 N–H and O–H groups in total. The van der Waals surface area contributed by atoms with E-state index in [0.29, 0.717) is 37.5 Å². The summed E-state index contributed by atoms with van der Waals surface area (Å²) in [5.41, 5.74) is 0. The molecule has 0 aromatic heterocycles. The quantitative estimate of drug-likeness (QED) is 0.0222. The Morgan fingerprint density at radius 2 is 0.571 bits per heavy atom. The third-order valence-electron chi connectivity index (χ3n) is 15.2. The highest BCUT2D eigenvalue weighted by Crippen LogP contribution is 2.45. The summed E-state index contributed by atoms with van der Waals surface area (Å²) < 4.78 is 68.0. The van der Waals surface area contributed by atoms with Gasteiger partial charge in [0.1, 0.15) is 19.3 Å². The van der Waals surface area contributed by atoms with Gasteiger partial charge < -0.3 is 33.8 Å². The normalized spacial score (nSPS) is 14.7. The largest absolute Gasteiger partial charge is 0.472 e. The maximum atomic E-state index is 13.0. The van der Waals surface area contributed by atoms with Crippen LogP contribution in [0.25, 0.3) is 0 Å². The maximum absolute atomic E-state index is 13.0. The summed E-state index contributed by atoms with van der Waals surface area (Å²) in [7, 11) is -9.89. The number of phosphoric acid groups is 2. The second kappa shape index (κ2) is 55.2. The van der Waals surface area contributed by atoms with E-state index in [4.69, 9.17) is 37.0 Å². The standard InChI is InChI=1S/C65H126O17P2/c1-9-58(8)44-36-28-18-14-10-11-15-19-31-39-47-64(69)81-60(51-75-62(67)45-37-29-23-21-26-34-42-56(4)5)53-79-83(71,72)77-49-59(66)50-78-84(73,74)80-54-61(52-76-63(68)46-38-30-24-22-27-35-43-57(6)7)82-65(70)48-40-32-20-16-12-13-17-25-33-41-55(2)3/h55-61,66H,9-54H2,1-8H3,(H,71,72)(H,73,74)/t58?,59-,60+,61+/m0/s1. The molecule has 0 saturated carbocycles. The molecule has 0 amide bonds. The lowest BCUT2D eigenvalue weighted by molar-refractivity contribution is -0.161. The van der Waals surface area contributed by atoms with Gasteiger partial charge in [-0.25, -0.2) is 9.13 Å². The molecule has 0 aromatic carbocycles. The number of phosphoric ester groups is 2. The lowest BCUT2D eigenvalue weighted by Crippen LogP contribution is -2.30. The van der Waals surface area contributed by atoms with Crippen molar-refractivity contribution in [1.29, 1.82) is 0 Å². The molecule has 19 heteroatoms. The van der Waals surface area contributed by atoms with Gasteiger partial charge in [0, 0.05) is 25.7 Å². The third-order valence-corrected chi connectivity index (χ3v) is 17.1. The molecule has 0 rings (SSSR count). The summed E-state index contributed by atoms with van der Waals surface area (Å²) in [6.07, 6.45) is 35.0. The fraction of sp³-hybridized carbons (Fsp3) is 0.938. The molecular formula is C65H126O17P2. The Kier molecular flexibility index (Phi) is 53.9. The zero-order valence-corrected chi connectivity index (χ0v) is 56.3. The number of hydrogen-bond donors (Lipinski definition) is 3. The van der Waals surface area contributed by atoms with Crippen LogP contribution in [-0.4, -0.2) is 96.7 Å². The van der Waals surface area contributed by atoms with Crippen molar-refractivity contribution >= 4 is 39.5 Å². The Morgan fingerprint density at radius 1 is 0.333 bits per heavy atom. The highest BCUT2D eigenvalue weighted by Gasteiger charge is 2.30. The van der Waals surface area contributed by atoms with Gasteiger partial charge >= 0.3 is 39.5 Å². The minimum Gasteiger partial charge on any atom is -0.462 e. The van der Waals surface area contributed by atoms with Crippen LogP contribution in [0.4, 0.5) is 0 Å². The average molecular weight is 1240 g/mol. The van der Waals surface area contributed by atoms with Crippen molar-refractivity contribution in [3.8, 4) is 0 Å². The molecule has 6 atom stereocenters. The first-order valence-electron chi connectivity index (χ1n) is 33.7. The minimum absolute atomic E-state index is 0.103. The summed E-state index contributed by atoms with van der Waals surface area (Å²) in [6, 6.07) is 0. The molecular weight excluding hydrogens is 1110 g/mol. The second-order valence-electron chi connectivity index (χ2n) is 25.2. The zero-order valence-electron chi connectivity index (χ0n) is 54.5. The van der Waals surface area contributed by atoms with E-state index >= 15 is 0 Å². The van der Waals surface area contributed by atoms with Crippen molar-refractivity contribution in [3.63, 3.8) is 0 Å². The van der Waals surface area contributed by atoms with Crippen LogP contribution in [0.3, 0.4) is 0 Å². The SMILES string of the molecule is CCC(C)CCCCCCCCCCCCC(=O)O[C@H](COC(=O)CCCCCCCCC(C)C)COP(=O)(O)OC[C@H](O)COP(=O)(O)OC[C@@H](COC(=O)CCCCCCCCC(C)C)OC(=O)CCCCCCCCCCCC(C)C. The van der Waals surface area contributed by atoms with Crippen LogP contribution in [0.2, 0.25) is 0 Å². The van der Waals surface area contributed by atoms with Gasteiger partial charge in [-0.1, -0.05) is 261 Å². The molecule has 84 heavy (non-hydrogen) atoms. The Hall–Kier alpha value is -1.94. The van der Waals surface area contributed by atoms with Crippen LogP contribution in [-0.2, 0) is 65.4 Å². The summed E-state index contributed by atoms with van der Waals surface area (Å²) in [5, 5.41) is 10.5. The maximum Gasteiger partial charge on any atom is 0.472 e. The molecule has 498 valence electrons. The van der Waals surface area contributed by atoms with E-state index in [1.807, 2.05) is 0 Å². The summed E-state index contributed by atoms with van der Waals surface area (Å²) in [5.74, 6) is 0.758. The molecule has 0 aliphatic heterocycles. The van der Waals surface area contributed by atoms with Crippen LogP contribution >= 0.6 is 15.6 Å². The number of aliphatic hydroxyl groups excluding tert-OH is 1. The predicted molar refractivity (Wildman–Crippen MR) is 335 cm³/mol. The molecule has 0 saturated heterocycles. The lowest BCUT2D eigenvalue weighted by atomic mass is 9.99. The van der Waals surface area contributed by atoms with Crippen molar-refractivity contribution in [1.82, 2.24) is 0 Å². The van der Waals surface area contributed by atoms with Crippen molar-refractivity contribution in [2.75, 3.05) is 39.6 Å². The third kappa shape index (κ3) is 57.8.